The molecular formula is C12H10ClN3O2S. The van der Waals surface area contributed by atoms with E-state index in [1.54, 1.807) is 31.3 Å². The van der Waals surface area contributed by atoms with Crippen molar-refractivity contribution in [3.8, 4) is 5.88 Å². The van der Waals surface area contributed by atoms with Gasteiger partial charge in [-0.15, -0.1) is 0 Å². The minimum Gasteiger partial charge on any atom is -0.494 e. The minimum absolute atomic E-state index is 0.0380. The van der Waals surface area contributed by atoms with Crippen LogP contribution < -0.4 is 5.56 Å². The van der Waals surface area contributed by atoms with E-state index in [2.05, 4.69) is 9.98 Å². The predicted molar refractivity (Wildman–Crippen MR) is 77.2 cm³/mol. The Kier molecular flexibility index (Phi) is 3.82. The number of rotatable bonds is 2. The normalized spacial score (nSPS) is 11.1. The molecule has 2 rings (SSSR count). The van der Waals surface area contributed by atoms with E-state index in [0.29, 0.717) is 10.7 Å². The van der Waals surface area contributed by atoms with Gasteiger partial charge in [0.25, 0.3) is 5.56 Å². The summed E-state index contributed by atoms with van der Waals surface area (Å²) in [5.74, 6) is -0.237. The Hall–Kier alpha value is -1.92. The van der Waals surface area contributed by atoms with Gasteiger partial charge < -0.3 is 5.11 Å². The first-order valence-corrected chi connectivity index (χ1v) is 6.09. The van der Waals surface area contributed by atoms with Crippen LogP contribution in [-0.2, 0) is 7.05 Å². The molecule has 0 saturated carbocycles. The van der Waals surface area contributed by atoms with Gasteiger partial charge in [-0.25, -0.2) is 0 Å². The smallest absolute Gasteiger partial charge is 0.264 e. The highest BCUT2D eigenvalue weighted by molar-refractivity contribution is 7.71. The number of nitrogens with one attached hydrogen (secondary N) is 1. The summed E-state index contributed by atoms with van der Waals surface area (Å²) in [5.41, 5.74) is 0.124. The van der Waals surface area contributed by atoms with Crippen LogP contribution in [0.1, 0.15) is 5.56 Å². The van der Waals surface area contributed by atoms with E-state index in [0.717, 1.165) is 0 Å². The molecule has 5 nitrogen and oxygen atoms in total. The summed E-state index contributed by atoms with van der Waals surface area (Å²) < 4.78 is 1.43. The summed E-state index contributed by atoms with van der Waals surface area (Å²) in [6.07, 6.45) is 1.27. The molecule has 2 N–H and O–H groups in total. The van der Waals surface area contributed by atoms with Gasteiger partial charge in [-0.3, -0.25) is 19.3 Å². The minimum atomic E-state index is -0.494. The van der Waals surface area contributed by atoms with Gasteiger partial charge in [-0.2, -0.15) is 0 Å². The molecule has 1 aromatic carbocycles. The Morgan fingerprint density at radius 2 is 2.26 bits per heavy atom. The number of nitrogens with zero attached hydrogens (tertiary/aromatic N) is 2. The number of hydrogen-bond acceptors (Lipinski definition) is 4. The van der Waals surface area contributed by atoms with Crippen LogP contribution >= 0.6 is 23.8 Å². The third-order valence-electron chi connectivity index (χ3n) is 2.48. The van der Waals surface area contributed by atoms with Gasteiger partial charge in [-0.1, -0.05) is 17.7 Å². The van der Waals surface area contributed by atoms with Crippen molar-refractivity contribution in [1.82, 2.24) is 9.55 Å². The molecule has 0 atom stereocenters. The van der Waals surface area contributed by atoms with Crippen LogP contribution in [0.3, 0.4) is 0 Å². The summed E-state index contributed by atoms with van der Waals surface area (Å²) in [4.78, 5) is 18.2. The van der Waals surface area contributed by atoms with Gasteiger partial charge in [0, 0.05) is 18.3 Å². The molecule has 0 aliphatic carbocycles. The SMILES string of the molecule is Cn1c(O)c(C=Nc2cccc(Cl)c2)c(=O)[nH]c1=S. The Balaban J connectivity index is 2.48. The van der Waals surface area contributed by atoms with Crippen molar-refractivity contribution in [1.29, 1.82) is 0 Å². The van der Waals surface area contributed by atoms with E-state index in [1.807, 2.05) is 0 Å². The highest BCUT2D eigenvalue weighted by Crippen LogP contribution is 2.18. The van der Waals surface area contributed by atoms with Gasteiger partial charge >= 0.3 is 0 Å². The molecular weight excluding hydrogens is 286 g/mol. The molecule has 0 fully saturated rings. The van der Waals surface area contributed by atoms with Gasteiger partial charge in [0.2, 0.25) is 5.88 Å². The van der Waals surface area contributed by atoms with Gasteiger partial charge in [0.15, 0.2) is 4.77 Å². The van der Waals surface area contributed by atoms with Crippen LogP contribution in [0.25, 0.3) is 0 Å². The molecule has 0 saturated heterocycles. The van der Waals surface area contributed by atoms with Crippen LogP contribution in [0.2, 0.25) is 5.02 Å². The third-order valence-corrected chi connectivity index (χ3v) is 3.09. The first-order chi connectivity index (χ1) is 8.99. The fraction of sp³-hybridized carbons (Fsp3) is 0.0833. The molecule has 0 aliphatic heterocycles. The standard InChI is InChI=1S/C12H10ClN3O2S/c1-16-11(18)9(10(17)15-12(16)19)6-14-8-4-2-3-7(13)5-8/h2-6,18H,1H3,(H,15,17,19). The highest BCUT2D eigenvalue weighted by Gasteiger charge is 2.07. The van der Waals surface area contributed by atoms with Gasteiger partial charge in [-0.05, 0) is 30.4 Å². The molecule has 0 spiro atoms. The lowest BCUT2D eigenvalue weighted by Crippen LogP contribution is -2.17. The molecule has 7 heteroatoms. The molecule has 19 heavy (non-hydrogen) atoms. The van der Waals surface area contributed by atoms with Crippen LogP contribution in [0.4, 0.5) is 5.69 Å². The van der Waals surface area contributed by atoms with Crippen molar-refractivity contribution in [3.05, 3.63) is 50.0 Å². The maximum Gasteiger partial charge on any atom is 0.264 e. The first kappa shape index (κ1) is 13.5. The number of aromatic amines is 1. The fourth-order valence-electron chi connectivity index (χ4n) is 1.44. The summed E-state index contributed by atoms with van der Waals surface area (Å²) in [6, 6.07) is 6.84. The van der Waals surface area contributed by atoms with Crippen molar-refractivity contribution >= 4 is 35.7 Å². The number of aromatic nitrogens is 2. The fourth-order valence-corrected chi connectivity index (χ4v) is 1.80. The Morgan fingerprint density at radius 1 is 1.53 bits per heavy atom. The van der Waals surface area contributed by atoms with E-state index in [4.69, 9.17) is 23.8 Å². The molecule has 0 aliphatic rings. The molecule has 1 aromatic heterocycles. The second-order valence-corrected chi connectivity index (χ2v) is 4.62. The van der Waals surface area contributed by atoms with Crippen molar-refractivity contribution in [3.63, 3.8) is 0 Å². The molecule has 0 unspecified atom stereocenters. The van der Waals surface area contributed by atoms with E-state index < -0.39 is 5.56 Å². The third kappa shape index (κ3) is 2.91. The number of hydrogen-bond donors (Lipinski definition) is 2. The van der Waals surface area contributed by atoms with Crippen LogP contribution in [0.5, 0.6) is 5.88 Å². The lowest BCUT2D eigenvalue weighted by Gasteiger charge is -2.04. The quantitative estimate of drug-likeness (QED) is 0.661. The average molecular weight is 296 g/mol. The van der Waals surface area contributed by atoms with E-state index >= 15 is 0 Å². The van der Waals surface area contributed by atoms with E-state index in [9.17, 15) is 9.90 Å². The maximum absolute atomic E-state index is 11.7. The number of H-pyrrole nitrogens is 1. The summed E-state index contributed by atoms with van der Waals surface area (Å²) >= 11 is 10.7. The molecule has 0 amide bonds. The summed E-state index contributed by atoms with van der Waals surface area (Å²) in [7, 11) is 1.55. The van der Waals surface area contributed by atoms with Crippen molar-refractivity contribution in [2.75, 3.05) is 0 Å². The van der Waals surface area contributed by atoms with Crippen LogP contribution in [0, 0.1) is 4.77 Å². The second kappa shape index (κ2) is 5.38. The van der Waals surface area contributed by atoms with Gasteiger partial charge in [0.1, 0.15) is 5.56 Å². The van der Waals surface area contributed by atoms with Gasteiger partial charge in [0.05, 0.1) is 5.69 Å². The number of aromatic hydroxyl groups is 1. The number of halogens is 1. The van der Waals surface area contributed by atoms with Crippen molar-refractivity contribution in [2.45, 2.75) is 0 Å². The van der Waals surface area contributed by atoms with Crippen molar-refractivity contribution in [2.24, 2.45) is 12.0 Å². The molecule has 98 valence electrons. The Labute approximate surface area is 118 Å². The maximum atomic E-state index is 11.7. The number of aliphatic imine (C=N–C) groups is 1. The molecule has 0 radical (unpaired) electrons. The lowest BCUT2D eigenvalue weighted by atomic mass is 10.3. The van der Waals surface area contributed by atoms with E-state index in [1.165, 1.54) is 10.8 Å². The summed E-state index contributed by atoms with van der Waals surface area (Å²) in [6.45, 7) is 0. The highest BCUT2D eigenvalue weighted by atomic mass is 35.5. The monoisotopic (exact) mass is 295 g/mol. The van der Waals surface area contributed by atoms with Crippen molar-refractivity contribution < 1.29 is 5.11 Å². The van der Waals surface area contributed by atoms with Crippen LogP contribution in [-0.4, -0.2) is 20.9 Å². The average Bonchev–Trinajstić information content (AvgIpc) is 2.36. The topological polar surface area (TPSA) is 70.4 Å². The summed E-state index contributed by atoms with van der Waals surface area (Å²) in [5, 5.41) is 10.4. The lowest BCUT2D eigenvalue weighted by molar-refractivity contribution is 0.420. The predicted octanol–water partition coefficient (Wildman–Crippen LogP) is 2.55. The molecule has 0 bridgehead atoms. The zero-order valence-corrected chi connectivity index (χ0v) is 11.5. The first-order valence-electron chi connectivity index (χ1n) is 5.31. The second-order valence-electron chi connectivity index (χ2n) is 3.79. The molecule has 2 aromatic rings. The molecule has 1 heterocycles. The Bertz CT molecular complexity index is 764. The van der Waals surface area contributed by atoms with E-state index in [-0.39, 0.29) is 16.2 Å². The van der Waals surface area contributed by atoms with Crippen LogP contribution in [0.15, 0.2) is 34.1 Å². The largest absolute Gasteiger partial charge is 0.494 e. The Morgan fingerprint density at radius 3 is 2.95 bits per heavy atom. The number of benzene rings is 1. The zero-order chi connectivity index (χ0) is 14.0. The zero-order valence-electron chi connectivity index (χ0n) is 9.92.